The first-order valence-electron chi connectivity index (χ1n) is 7.39. The van der Waals surface area contributed by atoms with Gasteiger partial charge < -0.3 is 4.90 Å². The van der Waals surface area contributed by atoms with Crippen LogP contribution in [0.4, 0.5) is 4.39 Å². The molecule has 0 N–H and O–H groups in total. The van der Waals surface area contributed by atoms with Crippen molar-refractivity contribution >= 4 is 21.5 Å². The van der Waals surface area contributed by atoms with Crippen molar-refractivity contribution in [2.24, 2.45) is 0 Å². The molecule has 0 radical (unpaired) electrons. The van der Waals surface area contributed by atoms with Crippen molar-refractivity contribution in [2.45, 2.75) is 18.6 Å². The molecule has 0 saturated heterocycles. The van der Waals surface area contributed by atoms with Crippen LogP contribution in [-0.2, 0) is 14.8 Å². The highest BCUT2D eigenvalue weighted by Crippen LogP contribution is 2.26. The molecule has 7 heteroatoms. The second-order valence-corrected chi connectivity index (χ2v) is 7.99. The third kappa shape index (κ3) is 3.61. The normalized spacial score (nSPS) is 17.5. The molecule has 0 aliphatic carbocycles. The zero-order chi connectivity index (χ0) is 17.2. The molecule has 1 aliphatic rings. The Labute approximate surface area is 136 Å². The fourth-order valence-electron chi connectivity index (χ4n) is 2.56. The van der Waals surface area contributed by atoms with E-state index in [-0.39, 0.29) is 18.9 Å². The highest BCUT2D eigenvalue weighted by atomic mass is 32.2. The summed E-state index contributed by atoms with van der Waals surface area (Å²) in [7, 11) is -0.661. The third-order valence-corrected chi connectivity index (χ3v) is 6.13. The van der Waals surface area contributed by atoms with Crippen molar-refractivity contribution in [3.05, 3.63) is 41.7 Å². The molecular formula is C16H21FN2O3S. The van der Waals surface area contributed by atoms with E-state index in [9.17, 15) is 17.6 Å². The van der Waals surface area contributed by atoms with E-state index in [4.69, 9.17) is 0 Å². The summed E-state index contributed by atoms with van der Waals surface area (Å²) in [5, 5.41) is -1.12. The van der Waals surface area contributed by atoms with Crippen LogP contribution in [0.3, 0.4) is 0 Å². The van der Waals surface area contributed by atoms with Crippen molar-refractivity contribution < 1.29 is 17.6 Å². The van der Waals surface area contributed by atoms with Crippen LogP contribution >= 0.6 is 0 Å². The first kappa shape index (κ1) is 17.6. The number of hydrogen-bond acceptors (Lipinski definition) is 3. The van der Waals surface area contributed by atoms with Crippen LogP contribution in [0.2, 0.25) is 0 Å². The maximum Gasteiger partial charge on any atom is 0.241 e. The molecule has 23 heavy (non-hydrogen) atoms. The quantitative estimate of drug-likeness (QED) is 0.839. The lowest BCUT2D eigenvalue weighted by molar-refractivity contribution is -0.128. The molecule has 1 aromatic rings. The molecule has 1 amide bonds. The molecule has 1 aromatic carbocycles. The molecule has 1 heterocycles. The molecule has 0 bridgehead atoms. The zero-order valence-electron chi connectivity index (χ0n) is 13.5. The molecule has 2 rings (SSSR count). The average molecular weight is 340 g/mol. The highest BCUT2D eigenvalue weighted by Gasteiger charge is 2.35. The predicted molar refractivity (Wildman–Crippen MR) is 87.6 cm³/mol. The molecule has 0 saturated carbocycles. The van der Waals surface area contributed by atoms with Crippen LogP contribution in [0.25, 0.3) is 5.57 Å². The lowest BCUT2D eigenvalue weighted by atomic mass is 10.00. The van der Waals surface area contributed by atoms with Gasteiger partial charge in [0.15, 0.2) is 5.25 Å². The summed E-state index contributed by atoms with van der Waals surface area (Å²) in [5.74, 6) is -0.764. The zero-order valence-corrected chi connectivity index (χ0v) is 14.3. The number of carbonyl (C=O) groups excluding carboxylic acids is 1. The summed E-state index contributed by atoms with van der Waals surface area (Å²) in [6, 6.07) is 6.44. The van der Waals surface area contributed by atoms with Crippen LogP contribution in [0, 0.1) is 5.82 Å². The van der Waals surface area contributed by atoms with Crippen LogP contribution in [0.5, 0.6) is 0 Å². The lowest BCUT2D eigenvalue weighted by Crippen LogP contribution is -2.46. The molecular weight excluding hydrogens is 319 g/mol. The van der Waals surface area contributed by atoms with Crippen molar-refractivity contribution in [3.63, 3.8) is 0 Å². The summed E-state index contributed by atoms with van der Waals surface area (Å²) in [6.45, 7) is 1.79. The topological polar surface area (TPSA) is 57.7 Å². The van der Waals surface area contributed by atoms with Crippen LogP contribution < -0.4 is 0 Å². The van der Waals surface area contributed by atoms with Gasteiger partial charge in [-0.3, -0.25) is 4.79 Å². The second-order valence-electron chi connectivity index (χ2n) is 5.74. The largest absolute Gasteiger partial charge is 0.348 e. The summed E-state index contributed by atoms with van der Waals surface area (Å²) in [4.78, 5) is 13.2. The minimum atomic E-state index is -3.72. The monoisotopic (exact) mass is 340 g/mol. The molecule has 1 aliphatic heterocycles. The van der Waals surface area contributed by atoms with Gasteiger partial charge >= 0.3 is 0 Å². The third-order valence-electron chi connectivity index (χ3n) is 3.99. The fourth-order valence-corrected chi connectivity index (χ4v) is 4.10. The minimum absolute atomic E-state index is 0.150. The number of benzene rings is 1. The van der Waals surface area contributed by atoms with E-state index in [2.05, 4.69) is 0 Å². The maximum atomic E-state index is 13.8. The van der Waals surface area contributed by atoms with E-state index in [0.717, 1.165) is 5.57 Å². The number of amides is 1. The SMILES string of the molecule is C[C@@H](C(=O)N(C)C)S(=O)(=O)N1CC=C(c2ccccc2F)CC1. The van der Waals surface area contributed by atoms with Gasteiger partial charge in [0, 0.05) is 32.7 Å². The summed E-state index contributed by atoms with van der Waals surface area (Å²) in [6.07, 6.45) is 2.13. The van der Waals surface area contributed by atoms with Crippen molar-refractivity contribution in [1.82, 2.24) is 9.21 Å². The van der Waals surface area contributed by atoms with Gasteiger partial charge in [-0.2, -0.15) is 4.31 Å². The lowest BCUT2D eigenvalue weighted by Gasteiger charge is -2.29. The Morgan fingerprint density at radius 2 is 1.96 bits per heavy atom. The van der Waals surface area contributed by atoms with Crippen LogP contribution in [-0.4, -0.2) is 56.0 Å². The molecule has 0 unspecified atom stereocenters. The Bertz CT molecular complexity index is 729. The summed E-state index contributed by atoms with van der Waals surface area (Å²) < 4.78 is 40.1. The van der Waals surface area contributed by atoms with Gasteiger partial charge in [0.05, 0.1) is 0 Å². The highest BCUT2D eigenvalue weighted by molar-refractivity contribution is 7.90. The smallest absolute Gasteiger partial charge is 0.241 e. The first-order valence-corrected chi connectivity index (χ1v) is 8.89. The summed E-state index contributed by atoms with van der Waals surface area (Å²) >= 11 is 0. The van der Waals surface area contributed by atoms with Gasteiger partial charge in [-0.05, 0) is 25.0 Å². The van der Waals surface area contributed by atoms with Gasteiger partial charge in [0.25, 0.3) is 0 Å². The van der Waals surface area contributed by atoms with E-state index in [1.54, 1.807) is 24.3 Å². The molecule has 1 atom stereocenters. The van der Waals surface area contributed by atoms with E-state index in [0.29, 0.717) is 12.0 Å². The number of halogens is 1. The van der Waals surface area contributed by atoms with E-state index < -0.39 is 21.2 Å². The number of rotatable bonds is 4. The van der Waals surface area contributed by atoms with Gasteiger partial charge in [-0.15, -0.1) is 0 Å². The Balaban J connectivity index is 2.17. The van der Waals surface area contributed by atoms with E-state index >= 15 is 0 Å². The van der Waals surface area contributed by atoms with E-state index in [1.165, 1.54) is 36.3 Å². The molecule has 5 nitrogen and oxygen atoms in total. The second kappa shape index (κ2) is 6.80. The van der Waals surface area contributed by atoms with Gasteiger partial charge in [-0.25, -0.2) is 12.8 Å². The Hall–Kier alpha value is -1.73. The standard InChI is InChI=1S/C16H21FN2O3S/c1-12(16(20)18(2)3)23(21,22)19-10-8-13(9-11-19)14-6-4-5-7-15(14)17/h4-8,12H,9-11H2,1-3H3/t12-/m0/s1. The minimum Gasteiger partial charge on any atom is -0.348 e. The maximum absolute atomic E-state index is 13.8. The van der Waals surface area contributed by atoms with E-state index in [1.807, 2.05) is 0 Å². The van der Waals surface area contributed by atoms with Crippen LogP contribution in [0.15, 0.2) is 30.3 Å². The number of hydrogen-bond donors (Lipinski definition) is 0. The molecule has 126 valence electrons. The van der Waals surface area contributed by atoms with Gasteiger partial charge in [0.2, 0.25) is 15.9 Å². The Morgan fingerprint density at radius 1 is 1.30 bits per heavy atom. The summed E-state index contributed by atoms with van der Waals surface area (Å²) in [5.41, 5.74) is 1.29. The number of nitrogens with zero attached hydrogens (tertiary/aromatic N) is 2. The number of sulfonamides is 1. The van der Waals surface area contributed by atoms with Crippen molar-refractivity contribution in [3.8, 4) is 0 Å². The molecule has 0 spiro atoms. The Kier molecular flexibility index (Phi) is 5.21. The predicted octanol–water partition coefficient (Wildman–Crippen LogP) is 1.72. The van der Waals surface area contributed by atoms with Crippen molar-refractivity contribution in [1.29, 1.82) is 0 Å². The van der Waals surface area contributed by atoms with Crippen molar-refractivity contribution in [2.75, 3.05) is 27.2 Å². The number of carbonyl (C=O) groups is 1. The fraction of sp³-hybridized carbons (Fsp3) is 0.438. The average Bonchev–Trinajstić information content (AvgIpc) is 2.54. The molecule has 0 aromatic heterocycles. The van der Waals surface area contributed by atoms with Crippen LogP contribution in [0.1, 0.15) is 18.9 Å². The first-order chi connectivity index (χ1) is 10.7. The Morgan fingerprint density at radius 3 is 2.48 bits per heavy atom. The van der Waals surface area contributed by atoms with Gasteiger partial charge in [-0.1, -0.05) is 24.3 Å². The van der Waals surface area contributed by atoms with Gasteiger partial charge in [0.1, 0.15) is 5.82 Å². The molecule has 0 fully saturated rings.